The standard InChI is InChI=1S/C20H24O6S2/c1-15-4-7-18(8-5-15)28(24,25)26-14-20(10-3-11-20)13-17-12-16(2)6-9-19(17)27(21,22)23/h4-9,12H,3,10-11,13-14H2,1-2H3,(H,21,22,23). The number of hydrogen-bond acceptors (Lipinski definition) is 5. The topological polar surface area (TPSA) is 97.7 Å². The molecule has 0 aromatic heterocycles. The third-order valence-corrected chi connectivity index (χ3v) is 7.54. The van der Waals surface area contributed by atoms with Gasteiger partial charge in [0.1, 0.15) is 0 Å². The summed E-state index contributed by atoms with van der Waals surface area (Å²) in [6.07, 6.45) is 2.71. The molecular formula is C20H24O6S2. The van der Waals surface area contributed by atoms with E-state index in [1.165, 1.54) is 18.2 Å². The quantitative estimate of drug-likeness (QED) is 0.538. The third kappa shape index (κ3) is 4.63. The number of aryl methyl sites for hydroxylation is 2. The molecule has 0 atom stereocenters. The molecule has 2 aromatic rings. The molecule has 0 heterocycles. The minimum atomic E-state index is -4.36. The van der Waals surface area contributed by atoms with Crippen LogP contribution in [-0.4, -0.2) is 28.0 Å². The van der Waals surface area contributed by atoms with Crippen LogP contribution in [0.2, 0.25) is 0 Å². The molecule has 28 heavy (non-hydrogen) atoms. The van der Waals surface area contributed by atoms with E-state index in [2.05, 4.69) is 0 Å². The average Bonchev–Trinajstić information content (AvgIpc) is 2.56. The van der Waals surface area contributed by atoms with Gasteiger partial charge < -0.3 is 0 Å². The van der Waals surface area contributed by atoms with Crippen molar-refractivity contribution in [2.75, 3.05) is 6.61 Å². The smallest absolute Gasteiger partial charge is 0.282 e. The van der Waals surface area contributed by atoms with Crippen LogP contribution in [0, 0.1) is 19.3 Å². The largest absolute Gasteiger partial charge is 0.296 e. The molecule has 1 aliphatic carbocycles. The van der Waals surface area contributed by atoms with Gasteiger partial charge in [-0.3, -0.25) is 8.74 Å². The van der Waals surface area contributed by atoms with Gasteiger partial charge in [-0.15, -0.1) is 0 Å². The number of rotatable bonds is 7. The van der Waals surface area contributed by atoms with Crippen LogP contribution in [0.1, 0.15) is 36.0 Å². The van der Waals surface area contributed by atoms with Crippen molar-refractivity contribution < 1.29 is 25.6 Å². The molecule has 2 aromatic carbocycles. The first-order chi connectivity index (χ1) is 13.0. The molecule has 152 valence electrons. The van der Waals surface area contributed by atoms with Crippen molar-refractivity contribution >= 4 is 20.2 Å². The lowest BCUT2D eigenvalue weighted by molar-refractivity contribution is 0.0606. The van der Waals surface area contributed by atoms with Crippen LogP contribution < -0.4 is 0 Å². The van der Waals surface area contributed by atoms with Crippen molar-refractivity contribution in [3.05, 3.63) is 59.2 Å². The van der Waals surface area contributed by atoms with Gasteiger partial charge in [-0.05, 0) is 62.3 Å². The van der Waals surface area contributed by atoms with Gasteiger partial charge in [-0.1, -0.05) is 41.8 Å². The fourth-order valence-electron chi connectivity index (χ4n) is 3.53. The van der Waals surface area contributed by atoms with Crippen molar-refractivity contribution in [3.63, 3.8) is 0 Å². The zero-order chi connectivity index (χ0) is 20.6. The van der Waals surface area contributed by atoms with E-state index in [-0.39, 0.29) is 16.4 Å². The summed E-state index contributed by atoms with van der Waals surface area (Å²) in [7, 11) is -8.25. The molecule has 0 bridgehead atoms. The van der Waals surface area contributed by atoms with Gasteiger partial charge in [0.2, 0.25) is 0 Å². The summed E-state index contributed by atoms with van der Waals surface area (Å²) in [4.78, 5) is -0.0347. The van der Waals surface area contributed by atoms with Crippen LogP contribution in [0.5, 0.6) is 0 Å². The lowest BCUT2D eigenvalue weighted by Crippen LogP contribution is -2.38. The maximum atomic E-state index is 12.5. The van der Waals surface area contributed by atoms with Gasteiger partial charge in [-0.25, -0.2) is 0 Å². The summed E-state index contributed by atoms with van der Waals surface area (Å²) in [5.74, 6) is 0. The molecule has 0 spiro atoms. The highest BCUT2D eigenvalue weighted by Gasteiger charge is 2.40. The number of hydrogen-bond donors (Lipinski definition) is 1. The summed E-state index contributed by atoms with van der Waals surface area (Å²) in [5, 5.41) is 0. The van der Waals surface area contributed by atoms with Gasteiger partial charge in [0.15, 0.2) is 0 Å². The lowest BCUT2D eigenvalue weighted by atomic mass is 9.66. The van der Waals surface area contributed by atoms with E-state index in [4.69, 9.17) is 4.18 Å². The third-order valence-electron chi connectivity index (χ3n) is 5.30. The Kier molecular flexibility index (Phi) is 5.69. The fraction of sp³-hybridized carbons (Fsp3) is 0.400. The van der Waals surface area contributed by atoms with E-state index >= 15 is 0 Å². The molecule has 1 saturated carbocycles. The maximum absolute atomic E-state index is 12.5. The van der Waals surface area contributed by atoms with Gasteiger partial charge >= 0.3 is 0 Å². The van der Waals surface area contributed by atoms with E-state index in [9.17, 15) is 21.4 Å². The van der Waals surface area contributed by atoms with Crippen LogP contribution >= 0.6 is 0 Å². The zero-order valence-corrected chi connectivity index (χ0v) is 17.5. The van der Waals surface area contributed by atoms with Crippen molar-refractivity contribution in [2.45, 2.75) is 49.3 Å². The molecular weight excluding hydrogens is 400 g/mol. The molecule has 0 radical (unpaired) electrons. The van der Waals surface area contributed by atoms with Crippen LogP contribution in [0.3, 0.4) is 0 Å². The Morgan fingerprint density at radius 3 is 2.11 bits per heavy atom. The molecule has 0 saturated heterocycles. The van der Waals surface area contributed by atoms with Gasteiger partial charge in [0.05, 0.1) is 16.4 Å². The predicted octanol–water partition coefficient (Wildman–Crippen LogP) is 3.67. The second-order valence-corrected chi connectivity index (χ2v) is 10.7. The minimum Gasteiger partial charge on any atom is -0.282 e. The second kappa shape index (κ2) is 7.59. The highest BCUT2D eigenvalue weighted by molar-refractivity contribution is 7.86. The monoisotopic (exact) mass is 424 g/mol. The summed E-state index contributed by atoms with van der Waals surface area (Å²) < 4.78 is 63.3. The van der Waals surface area contributed by atoms with Crippen molar-refractivity contribution in [1.82, 2.24) is 0 Å². The lowest BCUT2D eigenvalue weighted by Gasteiger charge is -2.41. The Balaban J connectivity index is 1.82. The first-order valence-electron chi connectivity index (χ1n) is 9.04. The Bertz CT molecular complexity index is 1070. The van der Waals surface area contributed by atoms with E-state index in [1.807, 2.05) is 13.8 Å². The Hall–Kier alpha value is -1.74. The van der Waals surface area contributed by atoms with Crippen molar-refractivity contribution in [1.29, 1.82) is 0 Å². The molecule has 0 aliphatic heterocycles. The van der Waals surface area contributed by atoms with Crippen LogP contribution in [-0.2, 0) is 30.8 Å². The van der Waals surface area contributed by atoms with Crippen LogP contribution in [0.15, 0.2) is 52.3 Å². The summed E-state index contributed by atoms with van der Waals surface area (Å²) in [6.45, 7) is 3.68. The van der Waals surface area contributed by atoms with E-state index < -0.39 is 25.7 Å². The molecule has 1 N–H and O–H groups in total. The van der Waals surface area contributed by atoms with E-state index in [0.29, 0.717) is 12.0 Å². The van der Waals surface area contributed by atoms with Crippen LogP contribution in [0.25, 0.3) is 0 Å². The molecule has 1 fully saturated rings. The summed E-state index contributed by atoms with van der Waals surface area (Å²) in [6, 6.07) is 11.2. The zero-order valence-electron chi connectivity index (χ0n) is 15.9. The van der Waals surface area contributed by atoms with Gasteiger partial charge in [0.25, 0.3) is 20.2 Å². The van der Waals surface area contributed by atoms with Gasteiger partial charge in [0, 0.05) is 0 Å². The van der Waals surface area contributed by atoms with Crippen molar-refractivity contribution in [2.24, 2.45) is 5.41 Å². The highest BCUT2D eigenvalue weighted by atomic mass is 32.2. The Labute approximate surface area is 166 Å². The van der Waals surface area contributed by atoms with E-state index in [0.717, 1.165) is 30.4 Å². The first kappa shape index (κ1) is 21.0. The summed E-state index contributed by atoms with van der Waals surface area (Å²) >= 11 is 0. The average molecular weight is 425 g/mol. The molecule has 3 rings (SSSR count). The highest BCUT2D eigenvalue weighted by Crippen LogP contribution is 2.45. The number of benzene rings is 2. The molecule has 0 unspecified atom stereocenters. The predicted molar refractivity (Wildman–Crippen MR) is 105 cm³/mol. The van der Waals surface area contributed by atoms with E-state index in [1.54, 1.807) is 24.3 Å². The maximum Gasteiger partial charge on any atom is 0.296 e. The molecule has 1 aliphatic rings. The SMILES string of the molecule is Cc1ccc(S(=O)(=O)OCC2(Cc3cc(C)ccc3S(=O)(=O)O)CCC2)cc1. The summed E-state index contributed by atoms with van der Waals surface area (Å²) in [5.41, 5.74) is 1.83. The Morgan fingerprint density at radius 1 is 0.964 bits per heavy atom. The minimum absolute atomic E-state index is 0.0257. The molecule has 8 heteroatoms. The fourth-order valence-corrected chi connectivity index (χ4v) is 5.24. The Morgan fingerprint density at radius 2 is 1.57 bits per heavy atom. The molecule has 6 nitrogen and oxygen atoms in total. The second-order valence-electron chi connectivity index (χ2n) is 7.65. The van der Waals surface area contributed by atoms with Crippen LogP contribution in [0.4, 0.5) is 0 Å². The van der Waals surface area contributed by atoms with Crippen molar-refractivity contribution in [3.8, 4) is 0 Å². The molecule has 0 amide bonds. The van der Waals surface area contributed by atoms with Gasteiger partial charge in [-0.2, -0.15) is 16.8 Å². The normalized spacial score (nSPS) is 16.5. The first-order valence-corrected chi connectivity index (χ1v) is 11.9.